The molecule has 0 bridgehead atoms. The Labute approximate surface area is 120 Å². The van der Waals surface area contributed by atoms with Gasteiger partial charge in [0.25, 0.3) is 11.8 Å². The number of methoxy groups -OCH3 is 1. The highest BCUT2D eigenvalue weighted by atomic mass is 79.9. The molecule has 0 aliphatic carbocycles. The molecule has 0 radical (unpaired) electrons. The summed E-state index contributed by atoms with van der Waals surface area (Å²) in [5.41, 5.74) is 0.946. The molecule has 0 atom stereocenters. The lowest BCUT2D eigenvalue weighted by Crippen LogP contribution is -2.37. The quantitative estimate of drug-likeness (QED) is 0.632. The van der Waals surface area contributed by atoms with Crippen molar-refractivity contribution in [3.05, 3.63) is 33.8 Å². The van der Waals surface area contributed by atoms with E-state index in [2.05, 4.69) is 21.2 Å². The lowest BCUT2D eigenvalue weighted by molar-refractivity contribution is 0.0655. The third-order valence-corrected chi connectivity index (χ3v) is 3.42. The Balaban J connectivity index is 1.98. The minimum absolute atomic E-state index is 0.221. The molecule has 0 aromatic heterocycles. The van der Waals surface area contributed by atoms with Gasteiger partial charge in [0.15, 0.2) is 0 Å². The fourth-order valence-corrected chi connectivity index (χ4v) is 2.32. The molecule has 2 rings (SSSR count). The van der Waals surface area contributed by atoms with Crippen molar-refractivity contribution in [3.8, 4) is 0 Å². The van der Waals surface area contributed by atoms with E-state index in [1.54, 1.807) is 25.3 Å². The molecule has 102 valence electrons. The summed E-state index contributed by atoms with van der Waals surface area (Å²) in [6.07, 6.45) is 0. The number of carbonyl (C=O) groups is 2. The average molecular weight is 327 g/mol. The van der Waals surface area contributed by atoms with Crippen molar-refractivity contribution in [1.82, 2.24) is 10.2 Å². The van der Waals surface area contributed by atoms with Crippen LogP contribution in [0, 0.1) is 0 Å². The van der Waals surface area contributed by atoms with Crippen LogP contribution in [-0.4, -0.2) is 50.1 Å². The fraction of sp³-hybridized carbons (Fsp3) is 0.385. The number of rotatable bonds is 6. The number of nitrogens with zero attached hydrogens (tertiary/aromatic N) is 1. The van der Waals surface area contributed by atoms with Crippen molar-refractivity contribution >= 4 is 27.7 Å². The minimum Gasteiger partial charge on any atom is -0.383 e. The van der Waals surface area contributed by atoms with Gasteiger partial charge in [-0.15, -0.1) is 0 Å². The van der Waals surface area contributed by atoms with E-state index in [9.17, 15) is 9.59 Å². The Hall–Kier alpha value is -1.24. The summed E-state index contributed by atoms with van der Waals surface area (Å²) in [5.74, 6) is -0.448. The van der Waals surface area contributed by atoms with Crippen LogP contribution in [0.1, 0.15) is 20.7 Å². The molecule has 5 nitrogen and oxygen atoms in total. The van der Waals surface area contributed by atoms with Gasteiger partial charge in [0.2, 0.25) is 0 Å². The summed E-state index contributed by atoms with van der Waals surface area (Å²) in [4.78, 5) is 25.5. The van der Waals surface area contributed by atoms with E-state index in [1.165, 1.54) is 4.90 Å². The van der Waals surface area contributed by atoms with Gasteiger partial charge < -0.3 is 10.1 Å². The van der Waals surface area contributed by atoms with E-state index in [0.717, 1.165) is 4.47 Å². The van der Waals surface area contributed by atoms with Gasteiger partial charge in [-0.3, -0.25) is 14.5 Å². The molecule has 2 amide bonds. The largest absolute Gasteiger partial charge is 0.383 e. The van der Waals surface area contributed by atoms with Crippen molar-refractivity contribution < 1.29 is 14.3 Å². The van der Waals surface area contributed by atoms with Crippen LogP contribution in [0.2, 0.25) is 0 Å². The Kier molecular flexibility index (Phi) is 4.68. The second-order valence-electron chi connectivity index (χ2n) is 4.19. The number of nitrogens with one attached hydrogen (secondary N) is 1. The SMILES string of the molecule is COCCNCCN1C(=O)c2ccc(Br)cc2C1=O. The van der Waals surface area contributed by atoms with Gasteiger partial charge in [-0.25, -0.2) is 0 Å². The highest BCUT2D eigenvalue weighted by molar-refractivity contribution is 9.10. The zero-order valence-corrected chi connectivity index (χ0v) is 12.2. The smallest absolute Gasteiger partial charge is 0.261 e. The summed E-state index contributed by atoms with van der Waals surface area (Å²) in [5, 5.41) is 3.11. The molecule has 0 fully saturated rings. The Morgan fingerprint density at radius 3 is 2.68 bits per heavy atom. The van der Waals surface area contributed by atoms with Crippen LogP contribution in [0.25, 0.3) is 0 Å². The van der Waals surface area contributed by atoms with Crippen molar-refractivity contribution in [1.29, 1.82) is 0 Å². The van der Waals surface area contributed by atoms with Crippen LogP contribution in [0.5, 0.6) is 0 Å². The number of fused-ring (bicyclic) bond motifs is 1. The summed E-state index contributed by atoms with van der Waals surface area (Å²) >= 11 is 3.31. The number of imide groups is 1. The molecule has 1 aromatic carbocycles. The van der Waals surface area contributed by atoms with Crippen LogP contribution >= 0.6 is 15.9 Å². The fourth-order valence-electron chi connectivity index (χ4n) is 1.96. The minimum atomic E-state index is -0.227. The summed E-state index contributed by atoms with van der Waals surface area (Å²) in [7, 11) is 1.63. The second kappa shape index (κ2) is 6.27. The number of ether oxygens (including phenoxy) is 1. The third kappa shape index (κ3) is 3.02. The molecular formula is C13H15BrN2O3. The van der Waals surface area contributed by atoms with Crippen LogP contribution in [0.4, 0.5) is 0 Å². The van der Waals surface area contributed by atoms with Crippen molar-refractivity contribution in [2.75, 3.05) is 33.4 Å². The van der Waals surface area contributed by atoms with Crippen LogP contribution in [-0.2, 0) is 4.74 Å². The second-order valence-corrected chi connectivity index (χ2v) is 5.11. The van der Waals surface area contributed by atoms with E-state index < -0.39 is 0 Å². The van der Waals surface area contributed by atoms with Gasteiger partial charge in [-0.05, 0) is 18.2 Å². The first-order valence-electron chi connectivity index (χ1n) is 6.00. The van der Waals surface area contributed by atoms with Crippen LogP contribution in [0.15, 0.2) is 22.7 Å². The molecule has 0 saturated carbocycles. The van der Waals surface area contributed by atoms with Gasteiger partial charge in [-0.1, -0.05) is 15.9 Å². The molecule has 0 unspecified atom stereocenters. The average Bonchev–Trinajstić information content (AvgIpc) is 2.63. The highest BCUT2D eigenvalue weighted by Gasteiger charge is 2.34. The molecular weight excluding hydrogens is 312 g/mol. The van der Waals surface area contributed by atoms with E-state index in [0.29, 0.717) is 37.4 Å². The summed E-state index contributed by atoms with van der Waals surface area (Å²) in [6.45, 7) is 2.24. The van der Waals surface area contributed by atoms with Crippen molar-refractivity contribution in [2.45, 2.75) is 0 Å². The van der Waals surface area contributed by atoms with Gasteiger partial charge in [-0.2, -0.15) is 0 Å². The lowest BCUT2D eigenvalue weighted by atomic mass is 10.1. The first kappa shape index (κ1) is 14.2. The molecule has 0 saturated heterocycles. The van der Waals surface area contributed by atoms with Gasteiger partial charge in [0.05, 0.1) is 17.7 Å². The van der Waals surface area contributed by atoms with E-state index in [1.807, 2.05) is 0 Å². The predicted molar refractivity (Wildman–Crippen MR) is 74.3 cm³/mol. The van der Waals surface area contributed by atoms with Crippen LogP contribution < -0.4 is 5.32 Å². The molecule has 0 spiro atoms. The van der Waals surface area contributed by atoms with Gasteiger partial charge in [0, 0.05) is 31.2 Å². The topological polar surface area (TPSA) is 58.6 Å². The first-order chi connectivity index (χ1) is 9.15. The molecule has 1 aliphatic heterocycles. The molecule has 1 N–H and O–H groups in total. The maximum Gasteiger partial charge on any atom is 0.261 e. The van der Waals surface area contributed by atoms with Crippen LogP contribution in [0.3, 0.4) is 0 Å². The molecule has 1 aromatic rings. The third-order valence-electron chi connectivity index (χ3n) is 2.93. The molecule has 19 heavy (non-hydrogen) atoms. The maximum absolute atomic E-state index is 12.1. The molecule has 6 heteroatoms. The monoisotopic (exact) mass is 326 g/mol. The van der Waals surface area contributed by atoms with E-state index in [4.69, 9.17) is 4.74 Å². The molecule has 1 aliphatic rings. The zero-order valence-electron chi connectivity index (χ0n) is 10.6. The van der Waals surface area contributed by atoms with E-state index >= 15 is 0 Å². The number of hydrogen-bond donors (Lipinski definition) is 1. The zero-order chi connectivity index (χ0) is 13.8. The normalized spacial score (nSPS) is 14.1. The van der Waals surface area contributed by atoms with Crippen molar-refractivity contribution in [3.63, 3.8) is 0 Å². The Bertz CT molecular complexity index is 505. The Morgan fingerprint density at radius 1 is 1.21 bits per heavy atom. The summed E-state index contributed by atoms with van der Waals surface area (Å²) < 4.78 is 5.70. The number of benzene rings is 1. The van der Waals surface area contributed by atoms with E-state index in [-0.39, 0.29) is 11.8 Å². The number of hydrogen-bond acceptors (Lipinski definition) is 4. The maximum atomic E-state index is 12.1. The molecule has 1 heterocycles. The number of amides is 2. The highest BCUT2D eigenvalue weighted by Crippen LogP contribution is 2.25. The summed E-state index contributed by atoms with van der Waals surface area (Å²) in [6, 6.07) is 5.14. The number of carbonyl (C=O) groups excluding carboxylic acids is 2. The first-order valence-corrected chi connectivity index (χ1v) is 6.80. The van der Waals surface area contributed by atoms with Crippen molar-refractivity contribution in [2.24, 2.45) is 0 Å². The predicted octanol–water partition coefficient (Wildman–Crippen LogP) is 1.28. The van der Waals surface area contributed by atoms with Gasteiger partial charge in [0.1, 0.15) is 0 Å². The van der Waals surface area contributed by atoms with Gasteiger partial charge >= 0.3 is 0 Å². The Morgan fingerprint density at radius 2 is 1.95 bits per heavy atom. The lowest BCUT2D eigenvalue weighted by Gasteiger charge is -2.13. The standard InChI is InChI=1S/C13H15BrN2O3/c1-19-7-5-15-4-6-16-12(17)10-3-2-9(14)8-11(10)13(16)18/h2-3,8,15H,4-7H2,1H3. The number of halogens is 1.